The van der Waals surface area contributed by atoms with Crippen molar-refractivity contribution in [2.75, 3.05) is 7.05 Å². The number of nitrogens with one attached hydrogen (secondary N) is 2. The predicted octanol–water partition coefficient (Wildman–Crippen LogP) is 2.07. The normalized spacial score (nSPS) is 13.5. The van der Waals surface area contributed by atoms with Gasteiger partial charge in [-0.1, -0.05) is 0 Å². The fraction of sp³-hybridized carbons (Fsp3) is 0.615. The first-order valence-corrected chi connectivity index (χ1v) is 5.84. The van der Waals surface area contributed by atoms with E-state index in [4.69, 9.17) is 4.42 Å². The Morgan fingerprint density at radius 2 is 2.00 bits per heavy atom. The largest absolute Gasteiger partial charge is 0.466 e. The zero-order chi connectivity index (χ0) is 13.2. The maximum atomic E-state index is 12.0. The van der Waals surface area contributed by atoms with Gasteiger partial charge in [0.25, 0.3) is 0 Å². The van der Waals surface area contributed by atoms with Crippen LogP contribution in [0.1, 0.15) is 43.9 Å². The Kier molecular flexibility index (Phi) is 3.98. The third kappa shape index (κ3) is 3.09. The van der Waals surface area contributed by atoms with Crippen LogP contribution in [0.4, 0.5) is 0 Å². The highest BCUT2D eigenvalue weighted by molar-refractivity contribution is 5.85. The van der Waals surface area contributed by atoms with Crippen molar-refractivity contribution in [2.24, 2.45) is 0 Å². The molecule has 2 N–H and O–H groups in total. The van der Waals surface area contributed by atoms with E-state index in [2.05, 4.69) is 10.6 Å². The summed E-state index contributed by atoms with van der Waals surface area (Å²) in [4.78, 5) is 12.0. The van der Waals surface area contributed by atoms with Gasteiger partial charge in [-0.25, -0.2) is 0 Å². The molecule has 0 spiro atoms. The third-order valence-electron chi connectivity index (χ3n) is 3.09. The molecule has 4 heteroatoms. The van der Waals surface area contributed by atoms with E-state index in [9.17, 15) is 4.79 Å². The van der Waals surface area contributed by atoms with Crippen molar-refractivity contribution in [2.45, 2.75) is 46.2 Å². The van der Waals surface area contributed by atoms with Gasteiger partial charge in [0.2, 0.25) is 5.91 Å². The molecule has 0 radical (unpaired) electrons. The van der Waals surface area contributed by atoms with Crippen LogP contribution in [0.25, 0.3) is 0 Å². The first-order valence-electron chi connectivity index (χ1n) is 5.84. The van der Waals surface area contributed by atoms with Crippen LogP contribution in [0.15, 0.2) is 10.5 Å². The van der Waals surface area contributed by atoms with Crippen molar-refractivity contribution in [1.82, 2.24) is 10.6 Å². The minimum Gasteiger partial charge on any atom is -0.466 e. The molecule has 0 aliphatic rings. The van der Waals surface area contributed by atoms with Gasteiger partial charge in [0, 0.05) is 5.56 Å². The molecule has 1 atom stereocenters. The number of amides is 1. The summed E-state index contributed by atoms with van der Waals surface area (Å²) in [6.07, 6.45) is 0. The van der Waals surface area contributed by atoms with Gasteiger partial charge in [0.1, 0.15) is 11.5 Å². The lowest BCUT2D eigenvalue weighted by atomic mass is 10.0. The maximum absolute atomic E-state index is 12.0. The Bertz CT molecular complexity index is 408. The third-order valence-corrected chi connectivity index (χ3v) is 3.09. The second kappa shape index (κ2) is 4.92. The number of hydrogen-bond donors (Lipinski definition) is 2. The van der Waals surface area contributed by atoms with E-state index in [1.165, 1.54) is 0 Å². The van der Waals surface area contributed by atoms with Crippen LogP contribution < -0.4 is 10.6 Å². The minimum absolute atomic E-state index is 0.0225. The van der Waals surface area contributed by atoms with Gasteiger partial charge in [-0.3, -0.25) is 4.79 Å². The standard InChI is InChI=1S/C13H22N2O2/c1-8-7-11(10(3)17-8)9(2)15-12(16)13(4,5)14-6/h7,9,14H,1-6H3,(H,15,16). The second-order valence-corrected chi connectivity index (χ2v) is 4.94. The summed E-state index contributed by atoms with van der Waals surface area (Å²) in [7, 11) is 1.78. The number of aryl methyl sites for hydroxylation is 2. The fourth-order valence-corrected chi connectivity index (χ4v) is 1.65. The van der Waals surface area contributed by atoms with E-state index in [0.29, 0.717) is 0 Å². The van der Waals surface area contributed by atoms with Crippen LogP contribution in [0.5, 0.6) is 0 Å². The first kappa shape index (κ1) is 13.8. The summed E-state index contributed by atoms with van der Waals surface area (Å²) in [5, 5.41) is 5.96. The average Bonchev–Trinajstić information content (AvgIpc) is 2.57. The Labute approximate surface area is 103 Å². The molecule has 0 saturated heterocycles. The quantitative estimate of drug-likeness (QED) is 0.844. The van der Waals surface area contributed by atoms with E-state index in [-0.39, 0.29) is 11.9 Å². The molecule has 1 amide bonds. The number of furan rings is 1. The summed E-state index contributed by atoms with van der Waals surface area (Å²) in [6, 6.07) is 1.92. The van der Waals surface area contributed by atoms with Crippen LogP contribution in [0.2, 0.25) is 0 Å². The number of rotatable bonds is 4. The number of carbonyl (C=O) groups is 1. The molecule has 0 aromatic carbocycles. The first-order chi connectivity index (χ1) is 7.77. The summed E-state index contributed by atoms with van der Waals surface area (Å²) < 4.78 is 5.46. The van der Waals surface area contributed by atoms with E-state index in [0.717, 1.165) is 17.1 Å². The van der Waals surface area contributed by atoms with Crippen LogP contribution in [0.3, 0.4) is 0 Å². The number of likely N-dealkylation sites (N-methyl/N-ethyl adjacent to an activating group) is 1. The molecule has 4 nitrogen and oxygen atoms in total. The molecule has 0 bridgehead atoms. The highest BCUT2D eigenvalue weighted by Gasteiger charge is 2.27. The van der Waals surface area contributed by atoms with Crippen molar-refractivity contribution in [3.63, 3.8) is 0 Å². The van der Waals surface area contributed by atoms with Gasteiger partial charge < -0.3 is 15.1 Å². The molecular formula is C13H22N2O2. The van der Waals surface area contributed by atoms with Crippen molar-refractivity contribution in [3.05, 3.63) is 23.2 Å². The molecule has 0 saturated carbocycles. The molecule has 96 valence electrons. The highest BCUT2D eigenvalue weighted by atomic mass is 16.3. The maximum Gasteiger partial charge on any atom is 0.240 e. The lowest BCUT2D eigenvalue weighted by Gasteiger charge is -2.25. The van der Waals surface area contributed by atoms with Crippen LogP contribution in [-0.4, -0.2) is 18.5 Å². The predicted molar refractivity (Wildman–Crippen MR) is 67.9 cm³/mol. The average molecular weight is 238 g/mol. The van der Waals surface area contributed by atoms with E-state index >= 15 is 0 Å². The van der Waals surface area contributed by atoms with Crippen molar-refractivity contribution < 1.29 is 9.21 Å². The van der Waals surface area contributed by atoms with Gasteiger partial charge in [-0.2, -0.15) is 0 Å². The second-order valence-electron chi connectivity index (χ2n) is 4.94. The van der Waals surface area contributed by atoms with E-state index in [1.54, 1.807) is 7.05 Å². The van der Waals surface area contributed by atoms with Gasteiger partial charge in [-0.05, 0) is 47.7 Å². The molecule has 1 rings (SSSR count). The summed E-state index contributed by atoms with van der Waals surface area (Å²) in [5.74, 6) is 1.70. The molecule has 0 aliphatic heterocycles. The van der Waals surface area contributed by atoms with Crippen LogP contribution in [0, 0.1) is 13.8 Å². The topological polar surface area (TPSA) is 54.3 Å². The Hall–Kier alpha value is -1.29. The SMILES string of the molecule is CNC(C)(C)C(=O)NC(C)c1cc(C)oc1C. The zero-order valence-electron chi connectivity index (χ0n) is 11.5. The molecule has 0 aliphatic carbocycles. The molecule has 1 heterocycles. The van der Waals surface area contributed by atoms with Gasteiger partial charge >= 0.3 is 0 Å². The Morgan fingerprint density at radius 3 is 2.41 bits per heavy atom. The lowest BCUT2D eigenvalue weighted by molar-refractivity contribution is -0.126. The Morgan fingerprint density at radius 1 is 1.41 bits per heavy atom. The lowest BCUT2D eigenvalue weighted by Crippen LogP contribution is -2.51. The number of carbonyl (C=O) groups excluding carboxylic acids is 1. The summed E-state index contributed by atoms with van der Waals surface area (Å²) in [6.45, 7) is 9.47. The minimum atomic E-state index is -0.569. The fourth-order valence-electron chi connectivity index (χ4n) is 1.65. The Balaban J connectivity index is 2.77. The van der Waals surface area contributed by atoms with Crippen molar-refractivity contribution in [3.8, 4) is 0 Å². The van der Waals surface area contributed by atoms with E-state index < -0.39 is 5.54 Å². The molecular weight excluding hydrogens is 216 g/mol. The van der Waals surface area contributed by atoms with Crippen LogP contribution in [-0.2, 0) is 4.79 Å². The monoisotopic (exact) mass is 238 g/mol. The van der Waals surface area contributed by atoms with Gasteiger partial charge in [0.15, 0.2) is 0 Å². The summed E-state index contributed by atoms with van der Waals surface area (Å²) >= 11 is 0. The molecule has 1 aromatic rings. The summed E-state index contributed by atoms with van der Waals surface area (Å²) in [5.41, 5.74) is 0.462. The molecule has 1 unspecified atom stereocenters. The van der Waals surface area contributed by atoms with Crippen molar-refractivity contribution in [1.29, 1.82) is 0 Å². The van der Waals surface area contributed by atoms with Crippen LogP contribution >= 0.6 is 0 Å². The molecule has 0 fully saturated rings. The van der Waals surface area contributed by atoms with Gasteiger partial charge in [-0.15, -0.1) is 0 Å². The van der Waals surface area contributed by atoms with Gasteiger partial charge in [0.05, 0.1) is 11.6 Å². The molecule has 1 aromatic heterocycles. The smallest absolute Gasteiger partial charge is 0.240 e. The van der Waals surface area contributed by atoms with E-state index in [1.807, 2.05) is 40.7 Å². The molecule has 17 heavy (non-hydrogen) atoms. The highest BCUT2D eigenvalue weighted by Crippen LogP contribution is 2.21. The van der Waals surface area contributed by atoms with Crippen molar-refractivity contribution >= 4 is 5.91 Å². The zero-order valence-corrected chi connectivity index (χ0v) is 11.5. The number of hydrogen-bond acceptors (Lipinski definition) is 3.